The highest BCUT2D eigenvalue weighted by Gasteiger charge is 2.34. The molecule has 1 saturated carbocycles. The molecule has 0 aromatic heterocycles. The molecule has 0 heterocycles. The number of nitrogens with one attached hydrogen (secondary N) is 1. The SMILES string of the molecule is C[C@H](CO)N[C@H]1CCCC[C@H]1C(C)(C)C. The van der Waals surface area contributed by atoms with Crippen molar-refractivity contribution >= 4 is 0 Å². The quantitative estimate of drug-likeness (QED) is 0.755. The van der Waals surface area contributed by atoms with Gasteiger partial charge in [0, 0.05) is 12.1 Å². The molecule has 0 aromatic rings. The van der Waals surface area contributed by atoms with Crippen molar-refractivity contribution in [2.75, 3.05) is 6.61 Å². The van der Waals surface area contributed by atoms with Gasteiger partial charge in [0.15, 0.2) is 0 Å². The van der Waals surface area contributed by atoms with Crippen molar-refractivity contribution in [1.29, 1.82) is 0 Å². The molecule has 0 radical (unpaired) electrons. The fourth-order valence-electron chi connectivity index (χ4n) is 2.79. The summed E-state index contributed by atoms with van der Waals surface area (Å²) in [5, 5.41) is 12.7. The Balaban J connectivity index is 2.58. The lowest BCUT2D eigenvalue weighted by Crippen LogP contribution is -2.48. The van der Waals surface area contributed by atoms with Crippen molar-refractivity contribution in [3.05, 3.63) is 0 Å². The van der Waals surface area contributed by atoms with Gasteiger partial charge in [0.25, 0.3) is 0 Å². The average Bonchev–Trinajstić information content (AvgIpc) is 2.17. The molecule has 0 aromatic carbocycles. The largest absolute Gasteiger partial charge is 0.395 e. The van der Waals surface area contributed by atoms with E-state index in [1.807, 2.05) is 0 Å². The van der Waals surface area contributed by atoms with Gasteiger partial charge in [0.05, 0.1) is 6.61 Å². The van der Waals surface area contributed by atoms with E-state index >= 15 is 0 Å². The third-order valence-corrected chi connectivity index (χ3v) is 3.65. The fourth-order valence-corrected chi connectivity index (χ4v) is 2.79. The van der Waals surface area contributed by atoms with E-state index in [9.17, 15) is 0 Å². The normalized spacial score (nSPS) is 30.2. The van der Waals surface area contributed by atoms with Crippen LogP contribution in [0, 0.1) is 11.3 Å². The summed E-state index contributed by atoms with van der Waals surface area (Å²) in [7, 11) is 0. The van der Waals surface area contributed by atoms with Crippen molar-refractivity contribution in [3.63, 3.8) is 0 Å². The molecule has 1 rings (SSSR count). The van der Waals surface area contributed by atoms with Crippen LogP contribution in [0.3, 0.4) is 0 Å². The highest BCUT2D eigenvalue weighted by Crippen LogP contribution is 2.38. The molecule has 0 bridgehead atoms. The topological polar surface area (TPSA) is 32.3 Å². The minimum absolute atomic E-state index is 0.234. The molecule has 0 unspecified atom stereocenters. The first-order valence-electron chi connectivity index (χ1n) is 6.32. The molecule has 0 amide bonds. The molecule has 90 valence electrons. The zero-order valence-electron chi connectivity index (χ0n) is 10.7. The Hall–Kier alpha value is -0.0800. The van der Waals surface area contributed by atoms with E-state index in [0.29, 0.717) is 11.5 Å². The summed E-state index contributed by atoms with van der Waals surface area (Å²) >= 11 is 0. The van der Waals surface area contributed by atoms with E-state index in [-0.39, 0.29) is 12.6 Å². The van der Waals surface area contributed by atoms with Crippen molar-refractivity contribution in [3.8, 4) is 0 Å². The van der Waals surface area contributed by atoms with Crippen LogP contribution in [0.5, 0.6) is 0 Å². The van der Waals surface area contributed by atoms with Crippen LogP contribution in [0.25, 0.3) is 0 Å². The summed E-state index contributed by atoms with van der Waals surface area (Å²) in [6.45, 7) is 9.31. The van der Waals surface area contributed by atoms with Crippen molar-refractivity contribution in [2.45, 2.75) is 65.5 Å². The highest BCUT2D eigenvalue weighted by atomic mass is 16.3. The van der Waals surface area contributed by atoms with Crippen LogP contribution in [-0.2, 0) is 0 Å². The van der Waals surface area contributed by atoms with E-state index in [2.05, 4.69) is 33.0 Å². The number of hydrogen-bond donors (Lipinski definition) is 2. The zero-order valence-corrected chi connectivity index (χ0v) is 10.7. The molecular weight excluding hydrogens is 186 g/mol. The highest BCUT2D eigenvalue weighted by molar-refractivity contribution is 4.89. The Morgan fingerprint density at radius 2 is 1.87 bits per heavy atom. The van der Waals surface area contributed by atoms with Gasteiger partial charge in [-0.05, 0) is 31.1 Å². The number of aliphatic hydroxyl groups is 1. The van der Waals surface area contributed by atoms with Gasteiger partial charge in [-0.1, -0.05) is 33.6 Å². The average molecular weight is 213 g/mol. The second kappa shape index (κ2) is 5.31. The molecule has 0 saturated heterocycles. The molecule has 1 aliphatic rings. The monoisotopic (exact) mass is 213 g/mol. The summed E-state index contributed by atoms with van der Waals surface area (Å²) in [5.74, 6) is 0.750. The van der Waals surface area contributed by atoms with E-state index in [4.69, 9.17) is 5.11 Å². The third-order valence-electron chi connectivity index (χ3n) is 3.65. The molecule has 1 fully saturated rings. The lowest BCUT2D eigenvalue weighted by molar-refractivity contribution is 0.114. The van der Waals surface area contributed by atoms with E-state index in [1.54, 1.807) is 0 Å². The van der Waals surface area contributed by atoms with E-state index < -0.39 is 0 Å². The predicted molar refractivity (Wildman–Crippen MR) is 64.9 cm³/mol. The molecular formula is C13H27NO. The van der Waals surface area contributed by atoms with Gasteiger partial charge >= 0.3 is 0 Å². The van der Waals surface area contributed by atoms with Gasteiger partial charge in [0.2, 0.25) is 0 Å². The maximum Gasteiger partial charge on any atom is 0.0582 e. The van der Waals surface area contributed by atoms with Crippen molar-refractivity contribution < 1.29 is 5.11 Å². The fraction of sp³-hybridized carbons (Fsp3) is 1.00. The molecule has 0 spiro atoms. The number of aliphatic hydroxyl groups excluding tert-OH is 1. The Morgan fingerprint density at radius 1 is 1.27 bits per heavy atom. The summed E-state index contributed by atoms with van der Waals surface area (Å²) in [6.07, 6.45) is 5.31. The first kappa shape index (κ1) is 13.0. The molecule has 2 nitrogen and oxygen atoms in total. The van der Waals surface area contributed by atoms with E-state index in [1.165, 1.54) is 25.7 Å². The number of rotatable bonds is 3. The Labute approximate surface area is 94.5 Å². The maximum absolute atomic E-state index is 9.09. The summed E-state index contributed by atoms with van der Waals surface area (Å²) in [4.78, 5) is 0. The minimum atomic E-state index is 0.234. The maximum atomic E-state index is 9.09. The van der Waals surface area contributed by atoms with Gasteiger partial charge in [-0.15, -0.1) is 0 Å². The van der Waals surface area contributed by atoms with Gasteiger partial charge < -0.3 is 10.4 Å². The molecule has 1 aliphatic carbocycles. The predicted octanol–water partition coefficient (Wildman–Crippen LogP) is 2.56. The van der Waals surface area contributed by atoms with Crippen LogP contribution in [0.1, 0.15) is 53.4 Å². The van der Waals surface area contributed by atoms with Gasteiger partial charge in [-0.2, -0.15) is 0 Å². The third kappa shape index (κ3) is 3.76. The van der Waals surface area contributed by atoms with Crippen LogP contribution in [0.4, 0.5) is 0 Å². The van der Waals surface area contributed by atoms with Gasteiger partial charge in [0.1, 0.15) is 0 Å². The summed E-state index contributed by atoms with van der Waals surface area (Å²) < 4.78 is 0. The Kier molecular flexibility index (Phi) is 4.60. The molecule has 0 aliphatic heterocycles. The van der Waals surface area contributed by atoms with Crippen LogP contribution in [0.2, 0.25) is 0 Å². The van der Waals surface area contributed by atoms with Gasteiger partial charge in [-0.25, -0.2) is 0 Å². The lowest BCUT2D eigenvalue weighted by atomic mass is 9.69. The Bertz CT molecular complexity index is 185. The van der Waals surface area contributed by atoms with Crippen molar-refractivity contribution in [2.24, 2.45) is 11.3 Å². The summed E-state index contributed by atoms with van der Waals surface area (Å²) in [6, 6.07) is 0.832. The Morgan fingerprint density at radius 3 is 2.40 bits per heavy atom. The van der Waals surface area contributed by atoms with Crippen LogP contribution >= 0.6 is 0 Å². The van der Waals surface area contributed by atoms with E-state index in [0.717, 1.165) is 5.92 Å². The zero-order chi connectivity index (χ0) is 11.5. The molecule has 2 heteroatoms. The molecule has 3 atom stereocenters. The van der Waals surface area contributed by atoms with Crippen LogP contribution in [-0.4, -0.2) is 23.8 Å². The number of hydrogen-bond acceptors (Lipinski definition) is 2. The molecule has 15 heavy (non-hydrogen) atoms. The second-order valence-corrected chi connectivity index (χ2v) is 6.11. The first-order valence-corrected chi connectivity index (χ1v) is 6.32. The lowest BCUT2D eigenvalue weighted by Gasteiger charge is -2.42. The standard InChI is InChI=1S/C13H27NO/c1-10(9-15)14-12-8-6-5-7-11(12)13(2,3)4/h10-12,14-15H,5-9H2,1-4H3/t10-,11-,12+/m1/s1. The van der Waals surface area contributed by atoms with Crippen molar-refractivity contribution in [1.82, 2.24) is 5.32 Å². The van der Waals surface area contributed by atoms with Crippen LogP contribution in [0.15, 0.2) is 0 Å². The minimum Gasteiger partial charge on any atom is -0.395 e. The smallest absolute Gasteiger partial charge is 0.0582 e. The van der Waals surface area contributed by atoms with Gasteiger partial charge in [-0.3, -0.25) is 0 Å². The van der Waals surface area contributed by atoms with Crippen LogP contribution < -0.4 is 5.32 Å². The second-order valence-electron chi connectivity index (χ2n) is 6.11. The summed E-state index contributed by atoms with van der Waals surface area (Å²) in [5.41, 5.74) is 0.382. The molecule has 2 N–H and O–H groups in total. The first-order chi connectivity index (χ1) is 6.95.